The van der Waals surface area contributed by atoms with Gasteiger partial charge in [-0.1, -0.05) is 12.1 Å². The van der Waals surface area contributed by atoms with Gasteiger partial charge in [0.05, 0.1) is 0 Å². The van der Waals surface area contributed by atoms with E-state index in [1.54, 1.807) is 6.92 Å². The van der Waals surface area contributed by atoms with E-state index in [1.807, 2.05) is 0 Å². The largest absolute Gasteiger partial charge is 0.409 e. The van der Waals surface area contributed by atoms with Crippen molar-refractivity contribution in [3.05, 3.63) is 29.8 Å². The Balaban J connectivity index is 3.09. The number of amidine groups is 1. The number of oxime groups is 1. The summed E-state index contributed by atoms with van der Waals surface area (Å²) in [7, 11) is -4.18. The van der Waals surface area contributed by atoms with E-state index in [-0.39, 0.29) is 25.3 Å². The summed E-state index contributed by atoms with van der Waals surface area (Å²) in [4.78, 5) is -0.737. The maximum absolute atomic E-state index is 13.6. The van der Waals surface area contributed by atoms with Crippen molar-refractivity contribution in [3.63, 3.8) is 0 Å². The molecule has 1 aromatic rings. The summed E-state index contributed by atoms with van der Waals surface area (Å²) in [6.45, 7) is 1.47. The number of benzene rings is 1. The minimum absolute atomic E-state index is 0.0273. The van der Waals surface area contributed by atoms with Gasteiger partial charge in [0.2, 0.25) is 10.0 Å². The molecule has 0 aliphatic heterocycles. The van der Waals surface area contributed by atoms with Crippen LogP contribution in [-0.2, 0) is 10.0 Å². The van der Waals surface area contributed by atoms with Gasteiger partial charge in [-0.05, 0) is 18.2 Å². The van der Waals surface area contributed by atoms with Gasteiger partial charge in [0.25, 0.3) is 0 Å². The predicted octanol–water partition coefficient (Wildman–Crippen LogP) is 1.11. The van der Waals surface area contributed by atoms with Gasteiger partial charge in [0.1, 0.15) is 22.4 Å². The standard InChI is InChI=1S/C11H15F2N3O3S/c1-2-16(6-5-11(14)15-17)20(18,19)10-7-8(12)3-4-9(10)13/h3-4,7,17H,2,5-6H2,1H3,(H2,14,15). The lowest BCUT2D eigenvalue weighted by Gasteiger charge is -2.20. The molecular formula is C11H15F2N3O3S. The normalized spacial score (nSPS) is 12.9. The van der Waals surface area contributed by atoms with Crippen LogP contribution in [-0.4, -0.2) is 36.9 Å². The minimum Gasteiger partial charge on any atom is -0.409 e. The van der Waals surface area contributed by atoms with Crippen molar-refractivity contribution in [1.82, 2.24) is 4.31 Å². The quantitative estimate of drug-likeness (QED) is 0.356. The number of halogens is 2. The van der Waals surface area contributed by atoms with Crippen LogP contribution in [0.15, 0.2) is 28.3 Å². The first-order valence-corrected chi connectivity index (χ1v) is 7.18. The van der Waals surface area contributed by atoms with Crippen LogP contribution in [0.4, 0.5) is 8.78 Å². The first-order valence-electron chi connectivity index (χ1n) is 5.74. The maximum atomic E-state index is 13.6. The van der Waals surface area contributed by atoms with E-state index in [4.69, 9.17) is 10.9 Å². The van der Waals surface area contributed by atoms with Crippen molar-refractivity contribution in [2.45, 2.75) is 18.2 Å². The van der Waals surface area contributed by atoms with Gasteiger partial charge in [0.15, 0.2) is 0 Å². The summed E-state index contributed by atoms with van der Waals surface area (Å²) < 4.78 is 52.0. The van der Waals surface area contributed by atoms with Crippen LogP contribution in [0.2, 0.25) is 0 Å². The van der Waals surface area contributed by atoms with Gasteiger partial charge in [-0.3, -0.25) is 0 Å². The van der Waals surface area contributed by atoms with Crippen molar-refractivity contribution in [3.8, 4) is 0 Å². The van der Waals surface area contributed by atoms with E-state index in [0.717, 1.165) is 16.4 Å². The topological polar surface area (TPSA) is 96.0 Å². The van der Waals surface area contributed by atoms with Gasteiger partial charge in [0, 0.05) is 19.5 Å². The SMILES string of the molecule is CCN(CCC(N)=NO)S(=O)(=O)c1cc(F)ccc1F. The summed E-state index contributed by atoms with van der Waals surface area (Å²) in [5, 5.41) is 11.1. The van der Waals surface area contributed by atoms with Crippen LogP contribution in [0, 0.1) is 11.6 Å². The van der Waals surface area contributed by atoms with Crippen LogP contribution < -0.4 is 5.73 Å². The highest BCUT2D eigenvalue weighted by molar-refractivity contribution is 7.89. The second-order valence-electron chi connectivity index (χ2n) is 3.91. The summed E-state index contributed by atoms with van der Waals surface area (Å²) in [6.07, 6.45) is -0.0273. The maximum Gasteiger partial charge on any atom is 0.246 e. The molecule has 0 radical (unpaired) electrons. The molecule has 0 spiro atoms. The number of nitrogens with two attached hydrogens (primary N) is 1. The van der Waals surface area contributed by atoms with Crippen LogP contribution >= 0.6 is 0 Å². The number of hydrogen-bond acceptors (Lipinski definition) is 4. The van der Waals surface area contributed by atoms with Crippen molar-refractivity contribution in [2.75, 3.05) is 13.1 Å². The second-order valence-corrected chi connectivity index (χ2v) is 5.82. The van der Waals surface area contributed by atoms with Crippen molar-refractivity contribution in [1.29, 1.82) is 0 Å². The molecule has 20 heavy (non-hydrogen) atoms. The third-order valence-corrected chi connectivity index (χ3v) is 4.60. The van der Waals surface area contributed by atoms with Crippen LogP contribution in [0.5, 0.6) is 0 Å². The molecule has 0 aliphatic rings. The monoisotopic (exact) mass is 307 g/mol. The molecule has 9 heteroatoms. The van der Waals surface area contributed by atoms with Gasteiger partial charge in [-0.2, -0.15) is 4.31 Å². The van der Waals surface area contributed by atoms with Crippen LogP contribution in [0.1, 0.15) is 13.3 Å². The van der Waals surface area contributed by atoms with Gasteiger partial charge >= 0.3 is 0 Å². The van der Waals surface area contributed by atoms with Crippen LogP contribution in [0.25, 0.3) is 0 Å². The summed E-state index contributed by atoms with van der Waals surface area (Å²) >= 11 is 0. The predicted molar refractivity (Wildman–Crippen MR) is 68.8 cm³/mol. The number of nitrogens with zero attached hydrogens (tertiary/aromatic N) is 2. The molecule has 6 nitrogen and oxygen atoms in total. The molecule has 0 heterocycles. The van der Waals surface area contributed by atoms with Gasteiger partial charge in [-0.15, -0.1) is 0 Å². The lowest BCUT2D eigenvalue weighted by molar-refractivity contribution is 0.315. The Labute approximate surface area is 115 Å². The first kappa shape index (κ1) is 16.3. The number of sulfonamides is 1. The average Bonchev–Trinajstić information content (AvgIpc) is 2.41. The highest BCUT2D eigenvalue weighted by Gasteiger charge is 2.26. The second kappa shape index (κ2) is 6.62. The molecule has 0 bridgehead atoms. The Hall–Kier alpha value is -1.74. The fourth-order valence-corrected chi connectivity index (χ4v) is 3.08. The Bertz CT molecular complexity index is 605. The average molecular weight is 307 g/mol. The highest BCUT2D eigenvalue weighted by Crippen LogP contribution is 2.20. The first-order chi connectivity index (χ1) is 9.32. The van der Waals surface area contributed by atoms with E-state index < -0.39 is 26.6 Å². The van der Waals surface area contributed by atoms with E-state index in [2.05, 4.69) is 5.16 Å². The minimum atomic E-state index is -4.18. The smallest absolute Gasteiger partial charge is 0.246 e. The third kappa shape index (κ3) is 3.64. The molecule has 0 fully saturated rings. The summed E-state index contributed by atoms with van der Waals surface area (Å²) in [6, 6.07) is 2.21. The Morgan fingerprint density at radius 3 is 2.65 bits per heavy atom. The van der Waals surface area contributed by atoms with Crippen molar-refractivity contribution < 1.29 is 22.4 Å². The molecule has 1 aromatic carbocycles. The van der Waals surface area contributed by atoms with Crippen molar-refractivity contribution >= 4 is 15.9 Å². The van der Waals surface area contributed by atoms with Crippen molar-refractivity contribution in [2.24, 2.45) is 10.9 Å². The molecular weight excluding hydrogens is 292 g/mol. The Morgan fingerprint density at radius 1 is 1.45 bits per heavy atom. The number of rotatable bonds is 6. The molecule has 0 saturated carbocycles. The lowest BCUT2D eigenvalue weighted by Crippen LogP contribution is -2.34. The lowest BCUT2D eigenvalue weighted by atomic mass is 10.3. The zero-order chi connectivity index (χ0) is 15.3. The van der Waals surface area contributed by atoms with E-state index >= 15 is 0 Å². The van der Waals surface area contributed by atoms with Crippen LogP contribution in [0.3, 0.4) is 0 Å². The zero-order valence-corrected chi connectivity index (χ0v) is 11.6. The molecule has 0 amide bonds. The molecule has 0 aliphatic carbocycles. The fraction of sp³-hybridized carbons (Fsp3) is 0.364. The molecule has 1 rings (SSSR count). The van der Waals surface area contributed by atoms with E-state index in [9.17, 15) is 17.2 Å². The number of hydrogen-bond donors (Lipinski definition) is 2. The highest BCUT2D eigenvalue weighted by atomic mass is 32.2. The van der Waals surface area contributed by atoms with Gasteiger partial charge in [-0.25, -0.2) is 17.2 Å². The molecule has 3 N–H and O–H groups in total. The molecule has 0 saturated heterocycles. The zero-order valence-electron chi connectivity index (χ0n) is 10.8. The van der Waals surface area contributed by atoms with Gasteiger partial charge < -0.3 is 10.9 Å². The molecule has 0 aromatic heterocycles. The van der Waals surface area contributed by atoms with E-state index in [1.165, 1.54) is 0 Å². The molecule has 0 atom stereocenters. The van der Waals surface area contributed by atoms with E-state index in [0.29, 0.717) is 6.07 Å². The molecule has 112 valence electrons. The summed E-state index contributed by atoms with van der Waals surface area (Å²) in [5.74, 6) is -2.04. The third-order valence-electron chi connectivity index (χ3n) is 2.61. The molecule has 0 unspecified atom stereocenters. The summed E-state index contributed by atoms with van der Waals surface area (Å²) in [5.41, 5.74) is 5.26. The Kier molecular flexibility index (Phi) is 5.40. The fourth-order valence-electron chi connectivity index (χ4n) is 1.55. The Morgan fingerprint density at radius 2 is 2.10 bits per heavy atom.